The molecule has 0 aliphatic heterocycles. The zero-order valence-electron chi connectivity index (χ0n) is 31.2. The van der Waals surface area contributed by atoms with E-state index in [1.54, 1.807) is 0 Å². The van der Waals surface area contributed by atoms with Gasteiger partial charge in [0.1, 0.15) is 0 Å². The number of fused-ring (bicyclic) bond motifs is 6. The van der Waals surface area contributed by atoms with E-state index in [4.69, 9.17) is 0 Å². The molecule has 0 unspecified atom stereocenters. The molecule has 268 valence electrons. The molecular weight excluding hydrogens is 691 g/mol. The predicted octanol–water partition coefficient (Wildman–Crippen LogP) is 14.7. The number of anilines is 3. The summed E-state index contributed by atoms with van der Waals surface area (Å²) >= 11 is 0. The van der Waals surface area contributed by atoms with Crippen LogP contribution in [0.1, 0.15) is 0 Å². The molecule has 9 aromatic carbocycles. The summed E-state index contributed by atoms with van der Waals surface area (Å²) in [4.78, 5) is 2.40. The van der Waals surface area contributed by atoms with Gasteiger partial charge in [0.05, 0.1) is 27.8 Å². The van der Waals surface area contributed by atoms with Crippen molar-refractivity contribution < 1.29 is 0 Å². The molecule has 0 saturated carbocycles. The van der Waals surface area contributed by atoms with Crippen molar-refractivity contribution in [1.29, 1.82) is 0 Å². The molecule has 0 bridgehead atoms. The minimum Gasteiger partial charge on any atom is -0.310 e. The highest BCUT2D eigenvalue weighted by Gasteiger charge is 2.21. The third-order valence-electron chi connectivity index (χ3n) is 11.3. The third-order valence-corrected chi connectivity index (χ3v) is 11.3. The number of nitrogens with zero attached hydrogens (tertiary/aromatic N) is 3. The van der Waals surface area contributed by atoms with E-state index in [-0.39, 0.29) is 0 Å². The Morgan fingerprint density at radius 3 is 1.49 bits per heavy atom. The van der Waals surface area contributed by atoms with E-state index in [1.165, 1.54) is 65.9 Å². The van der Waals surface area contributed by atoms with Gasteiger partial charge < -0.3 is 14.0 Å². The van der Waals surface area contributed by atoms with Crippen molar-refractivity contribution in [1.82, 2.24) is 9.13 Å². The fourth-order valence-electron chi connectivity index (χ4n) is 8.71. The molecule has 0 aliphatic carbocycles. The van der Waals surface area contributed by atoms with E-state index >= 15 is 0 Å². The maximum absolute atomic E-state index is 2.40. The summed E-state index contributed by atoms with van der Waals surface area (Å²) < 4.78 is 4.79. The normalized spacial score (nSPS) is 11.5. The van der Waals surface area contributed by atoms with Crippen LogP contribution < -0.4 is 4.90 Å². The summed E-state index contributed by atoms with van der Waals surface area (Å²) in [6, 6.07) is 81.0. The minimum atomic E-state index is 1.10. The third kappa shape index (κ3) is 5.51. The predicted molar refractivity (Wildman–Crippen MR) is 241 cm³/mol. The molecule has 0 aliphatic rings. The van der Waals surface area contributed by atoms with Crippen LogP contribution in [-0.4, -0.2) is 9.13 Å². The van der Waals surface area contributed by atoms with Gasteiger partial charge in [-0.05, 0) is 101 Å². The fraction of sp³-hybridized carbons (Fsp3) is 0. The van der Waals surface area contributed by atoms with Gasteiger partial charge in [-0.3, -0.25) is 0 Å². The van der Waals surface area contributed by atoms with Gasteiger partial charge in [0.25, 0.3) is 0 Å². The number of aromatic nitrogens is 2. The topological polar surface area (TPSA) is 13.1 Å². The molecule has 0 atom stereocenters. The van der Waals surface area contributed by atoms with Crippen molar-refractivity contribution >= 4 is 60.7 Å². The molecule has 0 fully saturated rings. The quantitative estimate of drug-likeness (QED) is 0.159. The molecule has 57 heavy (non-hydrogen) atoms. The lowest BCUT2D eigenvalue weighted by Crippen LogP contribution is -2.10. The molecule has 0 amide bonds. The van der Waals surface area contributed by atoms with Crippen molar-refractivity contribution in [3.05, 3.63) is 224 Å². The molecule has 0 radical (unpaired) electrons. The minimum absolute atomic E-state index is 1.10. The first-order valence-electron chi connectivity index (χ1n) is 19.5. The summed E-state index contributed by atoms with van der Waals surface area (Å²) in [6.07, 6.45) is 0. The number of benzene rings is 9. The first kappa shape index (κ1) is 32.8. The van der Waals surface area contributed by atoms with Crippen LogP contribution in [0.3, 0.4) is 0 Å². The van der Waals surface area contributed by atoms with Crippen molar-refractivity contribution in [2.75, 3.05) is 4.90 Å². The van der Waals surface area contributed by atoms with Crippen molar-refractivity contribution in [2.24, 2.45) is 0 Å². The average Bonchev–Trinajstić information content (AvgIpc) is 3.81. The van der Waals surface area contributed by atoms with Gasteiger partial charge in [-0.25, -0.2) is 0 Å². The van der Waals surface area contributed by atoms with Crippen LogP contribution in [0.15, 0.2) is 224 Å². The van der Waals surface area contributed by atoms with Crippen molar-refractivity contribution in [3.63, 3.8) is 0 Å². The summed E-state index contributed by atoms with van der Waals surface area (Å²) in [5.41, 5.74) is 15.2. The lowest BCUT2D eigenvalue weighted by Gasteiger charge is -2.26. The van der Waals surface area contributed by atoms with Gasteiger partial charge in [0, 0.05) is 44.3 Å². The standard InChI is InChI=1S/C54H37N3/c1-4-15-38(16-5-1)39-27-34-45(35-28-39)57-49-23-12-10-21-46(49)47-36-31-41(37-53(47)57)40-29-32-44(33-30-40)55(42-17-6-2-7-18-42)51-25-14-26-52-54(51)48-22-11-13-24-50(48)56(52)43-19-8-3-9-20-43/h1-37H. The van der Waals surface area contributed by atoms with Gasteiger partial charge in [0.15, 0.2) is 0 Å². The first-order chi connectivity index (χ1) is 28.3. The molecule has 3 nitrogen and oxygen atoms in total. The maximum atomic E-state index is 2.40. The second kappa shape index (κ2) is 13.6. The smallest absolute Gasteiger partial charge is 0.0562 e. The highest BCUT2D eigenvalue weighted by Crippen LogP contribution is 2.44. The summed E-state index contributed by atoms with van der Waals surface area (Å²) in [5, 5.41) is 4.95. The highest BCUT2D eigenvalue weighted by molar-refractivity contribution is 6.16. The molecule has 0 saturated heterocycles. The Kier molecular flexibility index (Phi) is 7.82. The maximum Gasteiger partial charge on any atom is 0.0562 e. The van der Waals surface area contributed by atoms with Gasteiger partial charge in [-0.2, -0.15) is 0 Å². The monoisotopic (exact) mass is 727 g/mol. The summed E-state index contributed by atoms with van der Waals surface area (Å²) in [6.45, 7) is 0. The molecule has 2 aromatic heterocycles. The van der Waals surface area contributed by atoms with Crippen LogP contribution in [0.25, 0.3) is 77.2 Å². The van der Waals surface area contributed by atoms with Crippen LogP contribution in [0.2, 0.25) is 0 Å². The number of hydrogen-bond donors (Lipinski definition) is 0. The van der Waals surface area contributed by atoms with Gasteiger partial charge in [0.2, 0.25) is 0 Å². The lowest BCUT2D eigenvalue weighted by atomic mass is 10.0. The van der Waals surface area contributed by atoms with E-state index in [9.17, 15) is 0 Å². The van der Waals surface area contributed by atoms with E-state index in [2.05, 4.69) is 238 Å². The Balaban J connectivity index is 1.03. The van der Waals surface area contributed by atoms with E-state index in [0.29, 0.717) is 0 Å². The average molecular weight is 728 g/mol. The number of hydrogen-bond acceptors (Lipinski definition) is 1. The second-order valence-electron chi connectivity index (χ2n) is 14.6. The first-order valence-corrected chi connectivity index (χ1v) is 19.5. The lowest BCUT2D eigenvalue weighted by molar-refractivity contribution is 1.18. The SMILES string of the molecule is c1ccc(-c2ccc(-n3c4ccccc4c4ccc(-c5ccc(N(c6ccccc6)c6cccc7c6c6ccccc6n7-c6ccccc6)cc5)cc43)cc2)cc1. The van der Waals surface area contributed by atoms with E-state index in [0.717, 1.165) is 28.4 Å². The molecule has 2 heterocycles. The Bertz CT molecular complexity index is 3200. The summed E-state index contributed by atoms with van der Waals surface area (Å²) in [5.74, 6) is 0. The van der Waals surface area contributed by atoms with Crippen LogP contribution >= 0.6 is 0 Å². The molecule has 3 heteroatoms. The van der Waals surface area contributed by atoms with Gasteiger partial charge in [-0.1, -0.05) is 146 Å². The molecule has 0 N–H and O–H groups in total. The Morgan fingerprint density at radius 1 is 0.281 bits per heavy atom. The van der Waals surface area contributed by atoms with Crippen LogP contribution in [-0.2, 0) is 0 Å². The number of rotatable bonds is 7. The van der Waals surface area contributed by atoms with Crippen LogP contribution in [0.4, 0.5) is 17.1 Å². The van der Waals surface area contributed by atoms with Crippen LogP contribution in [0, 0.1) is 0 Å². The zero-order valence-corrected chi connectivity index (χ0v) is 31.2. The molecule has 11 aromatic rings. The van der Waals surface area contributed by atoms with Crippen molar-refractivity contribution in [3.8, 4) is 33.6 Å². The Hall–Kier alpha value is -7.62. The summed E-state index contributed by atoms with van der Waals surface area (Å²) in [7, 11) is 0. The van der Waals surface area contributed by atoms with Crippen molar-refractivity contribution in [2.45, 2.75) is 0 Å². The second-order valence-corrected chi connectivity index (χ2v) is 14.6. The highest BCUT2D eigenvalue weighted by atomic mass is 15.1. The molecule has 0 spiro atoms. The zero-order chi connectivity index (χ0) is 37.7. The van der Waals surface area contributed by atoms with Gasteiger partial charge >= 0.3 is 0 Å². The van der Waals surface area contributed by atoms with E-state index < -0.39 is 0 Å². The number of para-hydroxylation sites is 4. The van der Waals surface area contributed by atoms with Crippen LogP contribution in [0.5, 0.6) is 0 Å². The molecule has 11 rings (SSSR count). The van der Waals surface area contributed by atoms with E-state index in [1.807, 2.05) is 0 Å². The Morgan fingerprint density at radius 2 is 0.754 bits per heavy atom. The van der Waals surface area contributed by atoms with Gasteiger partial charge in [-0.15, -0.1) is 0 Å². The molecular formula is C54H37N3. The Labute approximate surface area is 331 Å². The fourth-order valence-corrected chi connectivity index (χ4v) is 8.71. The largest absolute Gasteiger partial charge is 0.310 e.